The van der Waals surface area contributed by atoms with E-state index in [0.29, 0.717) is 0 Å². The summed E-state index contributed by atoms with van der Waals surface area (Å²) in [5.74, 6) is -0.145. The molecule has 0 saturated heterocycles. The Balaban J connectivity index is 2.09. The highest BCUT2D eigenvalue weighted by Crippen LogP contribution is 2.13. The molecule has 0 radical (unpaired) electrons. The lowest BCUT2D eigenvalue weighted by Gasteiger charge is -2.15. The van der Waals surface area contributed by atoms with Crippen LogP contribution in [0.2, 0.25) is 0 Å². The van der Waals surface area contributed by atoms with Crippen LogP contribution < -0.4 is 11.2 Å². The Morgan fingerprint density at radius 3 is 2.95 bits per heavy atom. The van der Waals surface area contributed by atoms with E-state index in [1.54, 1.807) is 12.4 Å². The number of hydrazone groups is 1. The van der Waals surface area contributed by atoms with Gasteiger partial charge in [0.05, 0.1) is 17.8 Å². The lowest BCUT2D eigenvalue weighted by atomic mass is 10.00. The van der Waals surface area contributed by atoms with E-state index in [0.717, 1.165) is 22.9 Å². The van der Waals surface area contributed by atoms with Crippen LogP contribution in [0.1, 0.15) is 25.8 Å². The summed E-state index contributed by atoms with van der Waals surface area (Å²) < 4.78 is 0. The second-order valence-corrected chi connectivity index (χ2v) is 5.07. The number of para-hydroxylation sites is 1. The van der Waals surface area contributed by atoms with Crippen LogP contribution in [0.25, 0.3) is 10.9 Å². The summed E-state index contributed by atoms with van der Waals surface area (Å²) in [5.41, 5.74) is 10.0. The van der Waals surface area contributed by atoms with Crippen molar-refractivity contribution in [3.05, 3.63) is 42.1 Å². The molecule has 0 bridgehead atoms. The van der Waals surface area contributed by atoms with Crippen molar-refractivity contribution in [1.29, 1.82) is 0 Å². The smallest absolute Gasteiger partial charge is 0.257 e. The number of amides is 1. The van der Waals surface area contributed by atoms with E-state index in [1.807, 2.05) is 44.2 Å². The largest absolute Gasteiger partial charge is 0.320 e. The van der Waals surface area contributed by atoms with Gasteiger partial charge in [0.2, 0.25) is 0 Å². The van der Waals surface area contributed by atoms with Crippen molar-refractivity contribution in [3.63, 3.8) is 0 Å². The van der Waals surface area contributed by atoms with Gasteiger partial charge in [0.15, 0.2) is 0 Å². The second-order valence-electron chi connectivity index (χ2n) is 5.07. The van der Waals surface area contributed by atoms with E-state index in [1.165, 1.54) is 0 Å². The molecule has 110 valence electrons. The van der Waals surface area contributed by atoms with Crippen molar-refractivity contribution in [2.45, 2.75) is 26.3 Å². The lowest BCUT2D eigenvalue weighted by molar-refractivity contribution is -0.123. The van der Waals surface area contributed by atoms with Gasteiger partial charge in [-0.1, -0.05) is 44.5 Å². The average molecular weight is 284 g/mol. The van der Waals surface area contributed by atoms with E-state index in [4.69, 9.17) is 5.73 Å². The maximum atomic E-state index is 11.8. The zero-order valence-corrected chi connectivity index (χ0v) is 12.3. The van der Waals surface area contributed by atoms with Gasteiger partial charge in [-0.2, -0.15) is 5.10 Å². The first-order valence-corrected chi connectivity index (χ1v) is 7.05. The zero-order chi connectivity index (χ0) is 15.2. The van der Waals surface area contributed by atoms with E-state index in [2.05, 4.69) is 15.5 Å². The molecule has 0 fully saturated rings. The van der Waals surface area contributed by atoms with Crippen LogP contribution in [-0.2, 0) is 4.79 Å². The monoisotopic (exact) mass is 284 g/mol. The maximum Gasteiger partial charge on any atom is 0.257 e. The highest BCUT2D eigenvalue weighted by atomic mass is 16.2. The van der Waals surface area contributed by atoms with Crippen LogP contribution in [-0.4, -0.2) is 23.1 Å². The van der Waals surface area contributed by atoms with Gasteiger partial charge in [0, 0.05) is 17.1 Å². The Bertz CT molecular complexity index is 648. The topological polar surface area (TPSA) is 80.4 Å². The van der Waals surface area contributed by atoms with Gasteiger partial charge in [0.1, 0.15) is 0 Å². The number of hydrogen-bond acceptors (Lipinski definition) is 4. The predicted octanol–water partition coefficient (Wildman–Crippen LogP) is 2.06. The molecule has 0 aliphatic heterocycles. The SMILES string of the molecule is CC[C@@H](C)[C@@H](N)C(=O)N/N=C\c1cccc2cccnc12. The van der Waals surface area contributed by atoms with Gasteiger partial charge < -0.3 is 5.73 Å². The number of nitrogens with two attached hydrogens (primary N) is 1. The van der Waals surface area contributed by atoms with Crippen molar-refractivity contribution < 1.29 is 4.79 Å². The van der Waals surface area contributed by atoms with Crippen LogP contribution >= 0.6 is 0 Å². The third-order valence-corrected chi connectivity index (χ3v) is 3.60. The van der Waals surface area contributed by atoms with Crippen molar-refractivity contribution in [1.82, 2.24) is 10.4 Å². The van der Waals surface area contributed by atoms with Crippen LogP contribution in [0.4, 0.5) is 0 Å². The van der Waals surface area contributed by atoms with Crippen molar-refractivity contribution in [2.24, 2.45) is 16.8 Å². The van der Waals surface area contributed by atoms with Gasteiger partial charge in [0.25, 0.3) is 5.91 Å². The Kier molecular flexibility index (Phi) is 5.00. The first kappa shape index (κ1) is 15.1. The molecule has 5 nitrogen and oxygen atoms in total. The van der Waals surface area contributed by atoms with Crippen LogP contribution in [0, 0.1) is 5.92 Å². The number of fused-ring (bicyclic) bond motifs is 1. The fraction of sp³-hybridized carbons (Fsp3) is 0.312. The van der Waals surface area contributed by atoms with Crippen molar-refractivity contribution >= 4 is 23.0 Å². The molecule has 2 rings (SSSR count). The fourth-order valence-corrected chi connectivity index (χ4v) is 1.98. The summed E-state index contributed by atoms with van der Waals surface area (Å²) in [7, 11) is 0. The number of nitrogens with one attached hydrogen (secondary N) is 1. The summed E-state index contributed by atoms with van der Waals surface area (Å²) in [6, 6.07) is 9.14. The molecule has 0 saturated carbocycles. The van der Waals surface area contributed by atoms with Gasteiger partial charge >= 0.3 is 0 Å². The molecule has 0 aliphatic rings. The Labute approximate surface area is 124 Å². The van der Waals surface area contributed by atoms with Gasteiger partial charge in [-0.05, 0) is 12.0 Å². The Morgan fingerprint density at radius 2 is 2.19 bits per heavy atom. The van der Waals surface area contributed by atoms with Crippen LogP contribution in [0.5, 0.6) is 0 Å². The minimum atomic E-state index is -0.544. The number of benzene rings is 1. The molecule has 0 spiro atoms. The molecule has 2 atom stereocenters. The molecule has 1 aromatic carbocycles. The first-order valence-electron chi connectivity index (χ1n) is 7.05. The molecule has 1 aromatic heterocycles. The summed E-state index contributed by atoms with van der Waals surface area (Å²) in [6.45, 7) is 3.95. The molecule has 5 heteroatoms. The van der Waals surface area contributed by atoms with Gasteiger partial charge in [-0.3, -0.25) is 9.78 Å². The van der Waals surface area contributed by atoms with Crippen LogP contribution in [0.15, 0.2) is 41.6 Å². The fourth-order valence-electron chi connectivity index (χ4n) is 1.98. The number of nitrogens with zero attached hydrogens (tertiary/aromatic N) is 2. The predicted molar refractivity (Wildman–Crippen MR) is 84.9 cm³/mol. The van der Waals surface area contributed by atoms with E-state index >= 15 is 0 Å². The summed E-state index contributed by atoms with van der Waals surface area (Å²) in [5, 5.41) is 5.02. The van der Waals surface area contributed by atoms with Crippen molar-refractivity contribution in [2.75, 3.05) is 0 Å². The van der Waals surface area contributed by atoms with Crippen molar-refractivity contribution in [3.8, 4) is 0 Å². The molecular weight excluding hydrogens is 264 g/mol. The molecule has 0 unspecified atom stereocenters. The molecule has 21 heavy (non-hydrogen) atoms. The molecule has 0 aliphatic carbocycles. The van der Waals surface area contributed by atoms with Crippen LogP contribution in [0.3, 0.4) is 0 Å². The standard InChI is InChI=1S/C16H20N4O/c1-3-11(2)14(17)16(21)20-19-10-13-7-4-6-12-8-5-9-18-15(12)13/h4-11,14H,3,17H2,1-2H3,(H,20,21)/b19-10-/t11-,14-/m1/s1. The van der Waals surface area contributed by atoms with Gasteiger partial charge in [-0.15, -0.1) is 0 Å². The normalized spacial score (nSPS) is 14.2. The molecule has 2 aromatic rings. The summed E-state index contributed by atoms with van der Waals surface area (Å²) in [4.78, 5) is 16.2. The van der Waals surface area contributed by atoms with Gasteiger partial charge in [-0.25, -0.2) is 5.43 Å². The van der Waals surface area contributed by atoms with E-state index in [9.17, 15) is 4.79 Å². The maximum absolute atomic E-state index is 11.8. The quantitative estimate of drug-likeness (QED) is 0.651. The third-order valence-electron chi connectivity index (χ3n) is 3.60. The summed E-state index contributed by atoms with van der Waals surface area (Å²) in [6.07, 6.45) is 4.18. The molecule has 1 heterocycles. The average Bonchev–Trinajstić information content (AvgIpc) is 2.53. The number of carbonyl (C=O) groups excluding carboxylic acids is 1. The zero-order valence-electron chi connectivity index (χ0n) is 12.3. The van der Waals surface area contributed by atoms with E-state index < -0.39 is 6.04 Å². The molecule has 1 amide bonds. The lowest BCUT2D eigenvalue weighted by Crippen LogP contribution is -2.42. The van der Waals surface area contributed by atoms with E-state index in [-0.39, 0.29) is 11.8 Å². The number of rotatable bonds is 5. The Hall–Kier alpha value is -2.27. The molecule has 3 N–H and O–H groups in total. The first-order chi connectivity index (χ1) is 10.1. The minimum Gasteiger partial charge on any atom is -0.320 e. The minimum absolute atomic E-state index is 0.124. The number of carbonyl (C=O) groups is 1. The number of aromatic nitrogens is 1. The summed E-state index contributed by atoms with van der Waals surface area (Å²) >= 11 is 0. The third kappa shape index (κ3) is 3.64. The number of pyridine rings is 1. The number of hydrogen-bond donors (Lipinski definition) is 2. The second kappa shape index (κ2) is 6.95. The Morgan fingerprint density at radius 1 is 1.43 bits per heavy atom. The highest BCUT2D eigenvalue weighted by molar-refractivity contribution is 5.97. The highest BCUT2D eigenvalue weighted by Gasteiger charge is 2.18. The molecular formula is C16H20N4O.